The van der Waals surface area contributed by atoms with Gasteiger partial charge in [0.2, 0.25) is 0 Å². The topological polar surface area (TPSA) is 0 Å². The van der Waals surface area contributed by atoms with Gasteiger partial charge in [0.25, 0.3) is 0 Å². The molecule has 3 aromatic carbocycles. The number of rotatable bonds is 0. The van der Waals surface area contributed by atoms with Crippen LogP contribution in [0, 0.1) is 33.8 Å². The van der Waals surface area contributed by atoms with Crippen molar-refractivity contribution in [3.05, 3.63) is 88.0 Å². The number of fused-ring (bicyclic) bond motifs is 3. The summed E-state index contributed by atoms with van der Waals surface area (Å²) in [5, 5.41) is 0. The first-order chi connectivity index (χ1) is 10.6. The van der Waals surface area contributed by atoms with Gasteiger partial charge in [0.15, 0.2) is 0 Å². The fraction of sp³-hybridized carbons (Fsp3) is 0.227. The Balaban J connectivity index is 0.000000435. The van der Waals surface area contributed by atoms with Crippen LogP contribution in [0.15, 0.2) is 48.5 Å². The van der Waals surface area contributed by atoms with Crippen molar-refractivity contribution in [3.8, 4) is 11.1 Å². The van der Waals surface area contributed by atoms with Crippen molar-refractivity contribution in [2.75, 3.05) is 0 Å². The zero-order valence-corrected chi connectivity index (χ0v) is 18.2. The molecular weight excluding hydrogens is 383 g/mol. The fourth-order valence-electron chi connectivity index (χ4n) is 3.13. The Hall–Kier alpha value is -0.916. The molecule has 0 radical (unpaired) electrons. The van der Waals surface area contributed by atoms with Gasteiger partial charge in [-0.2, -0.15) is 58.1 Å². The Labute approximate surface area is 179 Å². The molecule has 0 aromatic heterocycles. The summed E-state index contributed by atoms with van der Waals surface area (Å²) in [6, 6.07) is 20.3. The Morgan fingerprint density at radius 3 is 2.12 bits per heavy atom. The van der Waals surface area contributed by atoms with E-state index in [-0.39, 0.29) is 46.5 Å². The molecule has 128 valence electrons. The summed E-state index contributed by atoms with van der Waals surface area (Å²) in [6.07, 6.45) is 1.05. The van der Waals surface area contributed by atoms with Gasteiger partial charge in [0, 0.05) is 0 Å². The van der Waals surface area contributed by atoms with Gasteiger partial charge in [-0.1, -0.05) is 63.1 Å². The van der Waals surface area contributed by atoms with E-state index < -0.39 is 0 Å². The van der Waals surface area contributed by atoms with Crippen molar-refractivity contribution < 1.29 is 46.5 Å². The van der Waals surface area contributed by atoms with Crippen LogP contribution in [0.25, 0.3) is 11.1 Å². The van der Waals surface area contributed by atoms with E-state index >= 15 is 0 Å². The smallest absolute Gasteiger partial charge is 1.00 e. The molecule has 0 spiro atoms. The Bertz CT molecular complexity index is 753. The minimum absolute atomic E-state index is 0. The van der Waals surface area contributed by atoms with E-state index in [4.69, 9.17) is 0 Å². The van der Waals surface area contributed by atoms with E-state index in [0.717, 1.165) is 6.42 Å². The fourth-order valence-corrected chi connectivity index (χ4v) is 3.13. The first-order valence-corrected chi connectivity index (χ1v) is 7.86. The molecular formula is C22H22Cl2Ti. The van der Waals surface area contributed by atoms with E-state index in [2.05, 4.69) is 76.2 Å². The van der Waals surface area contributed by atoms with E-state index in [1.807, 2.05) is 6.07 Å². The quantitative estimate of drug-likeness (QED) is 0.279. The molecule has 4 rings (SSSR count). The van der Waals surface area contributed by atoms with Crippen molar-refractivity contribution >= 4 is 0 Å². The van der Waals surface area contributed by atoms with E-state index in [9.17, 15) is 0 Å². The molecule has 1 aliphatic carbocycles. The maximum atomic E-state index is 3.30. The number of aryl methyl sites for hydroxylation is 2. The first kappa shape index (κ1) is 24.1. The van der Waals surface area contributed by atoms with Gasteiger partial charge in [-0.25, -0.2) is 0 Å². The SMILES string of the molecule is Cc1c[c-](C)c(C)c1C.[Cl-].[Cl-].[Ti+4].[c-]1cccc2c1Cc1ccccc1-2. The van der Waals surface area contributed by atoms with Gasteiger partial charge >= 0.3 is 21.7 Å². The molecule has 0 atom stereocenters. The number of halogens is 2. The largest absolute Gasteiger partial charge is 4.00 e. The third-order valence-corrected chi connectivity index (χ3v) is 4.80. The average Bonchev–Trinajstić information content (AvgIpc) is 3.01. The van der Waals surface area contributed by atoms with Gasteiger partial charge in [0.05, 0.1) is 0 Å². The summed E-state index contributed by atoms with van der Waals surface area (Å²) >= 11 is 0. The molecule has 3 aromatic rings. The van der Waals surface area contributed by atoms with Gasteiger partial charge < -0.3 is 24.8 Å². The molecule has 0 saturated carbocycles. The van der Waals surface area contributed by atoms with Gasteiger partial charge in [-0.05, 0) is 6.42 Å². The summed E-state index contributed by atoms with van der Waals surface area (Å²) < 4.78 is 0. The summed E-state index contributed by atoms with van der Waals surface area (Å²) in [7, 11) is 0. The summed E-state index contributed by atoms with van der Waals surface area (Å²) in [4.78, 5) is 0. The minimum atomic E-state index is 0. The van der Waals surface area contributed by atoms with Crippen LogP contribution in [-0.2, 0) is 28.1 Å². The van der Waals surface area contributed by atoms with Crippen LogP contribution >= 0.6 is 0 Å². The van der Waals surface area contributed by atoms with Crippen molar-refractivity contribution in [2.24, 2.45) is 0 Å². The Morgan fingerprint density at radius 1 is 0.920 bits per heavy atom. The van der Waals surface area contributed by atoms with Crippen molar-refractivity contribution in [1.82, 2.24) is 0 Å². The molecule has 0 saturated heterocycles. The van der Waals surface area contributed by atoms with Gasteiger partial charge in [-0.15, -0.1) is 5.56 Å². The van der Waals surface area contributed by atoms with E-state index in [0.29, 0.717) is 0 Å². The number of benzene rings is 2. The van der Waals surface area contributed by atoms with Crippen LogP contribution in [0.2, 0.25) is 0 Å². The molecule has 0 aliphatic heterocycles. The Kier molecular flexibility index (Phi) is 9.91. The second-order valence-corrected chi connectivity index (χ2v) is 6.16. The summed E-state index contributed by atoms with van der Waals surface area (Å²) in [5.41, 5.74) is 11.3. The molecule has 0 N–H and O–H groups in total. The number of hydrogen-bond acceptors (Lipinski definition) is 0. The second kappa shape index (κ2) is 10.3. The first-order valence-electron chi connectivity index (χ1n) is 7.86. The normalized spacial score (nSPS) is 10.1. The van der Waals surface area contributed by atoms with Gasteiger partial charge in [-0.3, -0.25) is 0 Å². The van der Waals surface area contributed by atoms with Crippen LogP contribution in [0.5, 0.6) is 0 Å². The summed E-state index contributed by atoms with van der Waals surface area (Å²) in [5.74, 6) is 0. The second-order valence-electron chi connectivity index (χ2n) is 6.16. The van der Waals surface area contributed by atoms with Crippen molar-refractivity contribution in [1.29, 1.82) is 0 Å². The molecule has 25 heavy (non-hydrogen) atoms. The molecule has 0 heterocycles. The third-order valence-electron chi connectivity index (χ3n) is 4.80. The molecule has 1 aliphatic rings. The van der Waals surface area contributed by atoms with E-state index in [1.54, 1.807) is 0 Å². The predicted octanol–water partition coefficient (Wildman–Crippen LogP) is -0.297. The van der Waals surface area contributed by atoms with Crippen LogP contribution in [0.3, 0.4) is 0 Å². The molecule has 0 unspecified atom stereocenters. The minimum Gasteiger partial charge on any atom is -1.00 e. The van der Waals surface area contributed by atoms with Crippen LogP contribution < -0.4 is 24.8 Å². The zero-order chi connectivity index (χ0) is 15.7. The molecule has 3 heteroatoms. The van der Waals surface area contributed by atoms with Crippen molar-refractivity contribution in [2.45, 2.75) is 34.1 Å². The molecule has 0 nitrogen and oxygen atoms in total. The maximum Gasteiger partial charge on any atom is 4.00 e. The predicted molar refractivity (Wildman–Crippen MR) is 94.5 cm³/mol. The van der Waals surface area contributed by atoms with Crippen LogP contribution in [-0.4, -0.2) is 0 Å². The summed E-state index contributed by atoms with van der Waals surface area (Å²) in [6.45, 7) is 8.68. The van der Waals surface area contributed by atoms with Crippen molar-refractivity contribution in [3.63, 3.8) is 0 Å². The monoisotopic (exact) mass is 404 g/mol. The standard InChI is InChI=1S/C13H9.C9H13.2ClH.Ti/c1-3-7-12-10(5-1)9-11-6-2-4-8-13(11)12;1-6-5-7(2)9(4)8(6)3;;;/h1-5,7-8H,9H2;5H,1-4H3;2*1H;/q2*-1;;;+4/p-2. The Morgan fingerprint density at radius 2 is 1.56 bits per heavy atom. The average molecular weight is 405 g/mol. The van der Waals surface area contributed by atoms with Gasteiger partial charge in [0.1, 0.15) is 0 Å². The zero-order valence-electron chi connectivity index (χ0n) is 15.1. The maximum absolute atomic E-state index is 3.30. The van der Waals surface area contributed by atoms with Crippen LogP contribution in [0.1, 0.15) is 33.4 Å². The molecule has 0 amide bonds. The van der Waals surface area contributed by atoms with E-state index in [1.165, 1.54) is 44.5 Å². The molecule has 0 fully saturated rings. The third kappa shape index (κ3) is 5.05. The molecule has 0 bridgehead atoms. The van der Waals surface area contributed by atoms with Crippen LogP contribution in [0.4, 0.5) is 0 Å². The number of hydrogen-bond donors (Lipinski definition) is 0.